The fourth-order valence-electron chi connectivity index (χ4n) is 5.46. The van der Waals surface area contributed by atoms with Crippen molar-refractivity contribution in [1.82, 2.24) is 24.6 Å². The van der Waals surface area contributed by atoms with Gasteiger partial charge in [0.05, 0.1) is 16.7 Å². The number of hydrogen-bond donors (Lipinski definition) is 0. The first-order valence-corrected chi connectivity index (χ1v) is 17.3. The predicted octanol–water partition coefficient (Wildman–Crippen LogP) is 4.82. The van der Waals surface area contributed by atoms with E-state index in [1.54, 1.807) is 25.7 Å². The third-order valence-corrected chi connectivity index (χ3v) is 8.70. The second kappa shape index (κ2) is 12.1. The normalized spacial score (nSPS) is 16.1. The average molecular weight is 680 g/mol. The Bertz CT molecular complexity index is 1790. The van der Waals surface area contributed by atoms with Crippen molar-refractivity contribution in [3.8, 4) is 0 Å². The van der Waals surface area contributed by atoms with Gasteiger partial charge in [-0.1, -0.05) is 11.6 Å². The van der Waals surface area contributed by atoms with Crippen LogP contribution >= 0.6 is 11.6 Å². The largest absolute Gasteiger partial charge is 0.444 e. The molecule has 2 aromatic heterocycles. The molecule has 0 saturated carbocycles. The number of carbonyl (C=O) groups is 2. The molecule has 0 bridgehead atoms. The molecule has 5 rings (SSSR count). The molecule has 0 spiro atoms. The van der Waals surface area contributed by atoms with Gasteiger partial charge < -0.3 is 24.2 Å². The maximum atomic E-state index is 15.2. The molecule has 1 saturated heterocycles. The van der Waals surface area contributed by atoms with E-state index >= 15 is 4.39 Å². The van der Waals surface area contributed by atoms with Crippen molar-refractivity contribution in [2.45, 2.75) is 77.3 Å². The van der Waals surface area contributed by atoms with Crippen molar-refractivity contribution in [2.24, 2.45) is 0 Å². The number of ether oxygens (including phenoxy) is 2. The van der Waals surface area contributed by atoms with Crippen molar-refractivity contribution in [2.75, 3.05) is 48.8 Å². The SMILES string of the molecule is CC(C)(C)OC(=O)N1CCN(c2nc(S(C)(=O)=O)nc3c2CCCN3Cc2c(Cl)c(F)cc3c2cnn3C(=O)OC(C)(C)C)CC1. The van der Waals surface area contributed by atoms with Crippen LogP contribution in [0.4, 0.5) is 25.6 Å². The zero-order valence-corrected chi connectivity index (χ0v) is 28.6. The minimum absolute atomic E-state index is 0.0617. The Morgan fingerprint density at radius 2 is 1.57 bits per heavy atom. The Hall–Kier alpha value is -3.72. The Labute approximate surface area is 272 Å². The van der Waals surface area contributed by atoms with Gasteiger partial charge in [0.1, 0.15) is 28.7 Å². The number of fused-ring (bicyclic) bond motifs is 2. The van der Waals surface area contributed by atoms with Gasteiger partial charge >= 0.3 is 12.2 Å². The number of anilines is 2. The lowest BCUT2D eigenvalue weighted by Crippen LogP contribution is -2.50. The highest BCUT2D eigenvalue weighted by Gasteiger charge is 2.33. The van der Waals surface area contributed by atoms with Crippen molar-refractivity contribution in [3.05, 3.63) is 34.2 Å². The van der Waals surface area contributed by atoms with Gasteiger partial charge in [0, 0.05) is 68.1 Å². The third kappa shape index (κ3) is 7.14. The molecule has 46 heavy (non-hydrogen) atoms. The van der Waals surface area contributed by atoms with Crippen LogP contribution < -0.4 is 9.80 Å². The van der Waals surface area contributed by atoms with Crippen LogP contribution in [0.25, 0.3) is 10.9 Å². The van der Waals surface area contributed by atoms with E-state index in [1.807, 2.05) is 30.6 Å². The monoisotopic (exact) mass is 679 g/mol. The molecule has 2 aliphatic heterocycles. The van der Waals surface area contributed by atoms with Crippen LogP contribution in [0.1, 0.15) is 59.1 Å². The number of amides is 1. The van der Waals surface area contributed by atoms with Crippen LogP contribution in [0.3, 0.4) is 0 Å². The molecule has 2 aliphatic rings. The Morgan fingerprint density at radius 1 is 0.957 bits per heavy atom. The van der Waals surface area contributed by atoms with E-state index in [1.165, 1.54) is 6.20 Å². The Morgan fingerprint density at radius 3 is 2.17 bits per heavy atom. The minimum Gasteiger partial charge on any atom is -0.444 e. The maximum absolute atomic E-state index is 15.2. The first-order chi connectivity index (χ1) is 21.3. The predicted molar refractivity (Wildman–Crippen MR) is 171 cm³/mol. The van der Waals surface area contributed by atoms with Crippen LogP contribution in [0.2, 0.25) is 5.02 Å². The van der Waals surface area contributed by atoms with Gasteiger partial charge in [-0.2, -0.15) is 9.78 Å². The zero-order chi connectivity index (χ0) is 33.8. The first-order valence-electron chi connectivity index (χ1n) is 15.0. The number of benzene rings is 1. The van der Waals surface area contributed by atoms with E-state index in [-0.39, 0.29) is 22.2 Å². The van der Waals surface area contributed by atoms with Crippen LogP contribution in [0.5, 0.6) is 0 Å². The third-order valence-electron chi connectivity index (χ3n) is 7.44. The summed E-state index contributed by atoms with van der Waals surface area (Å²) in [7, 11) is -3.82. The molecule has 13 nitrogen and oxygen atoms in total. The second-order valence-electron chi connectivity index (χ2n) is 13.5. The summed E-state index contributed by atoms with van der Waals surface area (Å²) < 4.78 is 52.7. The Balaban J connectivity index is 1.50. The quantitative estimate of drug-likeness (QED) is 0.351. The lowest BCUT2D eigenvalue weighted by Gasteiger charge is -2.38. The number of carbonyl (C=O) groups excluding carboxylic acids is 2. The molecule has 3 aromatic rings. The van der Waals surface area contributed by atoms with Crippen LogP contribution in [-0.2, 0) is 32.3 Å². The summed E-state index contributed by atoms with van der Waals surface area (Å²) in [6.45, 7) is 12.7. The smallest absolute Gasteiger partial charge is 0.435 e. The summed E-state index contributed by atoms with van der Waals surface area (Å²) >= 11 is 6.52. The number of piperazine rings is 1. The van der Waals surface area contributed by atoms with E-state index in [2.05, 4.69) is 15.1 Å². The zero-order valence-electron chi connectivity index (χ0n) is 27.1. The molecule has 4 heterocycles. The highest BCUT2D eigenvalue weighted by atomic mass is 35.5. The van der Waals surface area contributed by atoms with Gasteiger partial charge in [0.15, 0.2) is 0 Å². The van der Waals surface area contributed by atoms with E-state index in [4.69, 9.17) is 21.1 Å². The van der Waals surface area contributed by atoms with Gasteiger partial charge in [-0.05, 0) is 54.4 Å². The van der Waals surface area contributed by atoms with E-state index in [0.717, 1.165) is 22.6 Å². The summed E-state index contributed by atoms with van der Waals surface area (Å²) in [5.41, 5.74) is -0.119. The first kappa shape index (κ1) is 33.6. The van der Waals surface area contributed by atoms with E-state index in [0.29, 0.717) is 68.2 Å². The molecular weight excluding hydrogens is 641 g/mol. The minimum atomic E-state index is -3.82. The van der Waals surface area contributed by atoms with Gasteiger partial charge in [0.2, 0.25) is 9.84 Å². The lowest BCUT2D eigenvalue weighted by atomic mass is 10.0. The summed E-state index contributed by atoms with van der Waals surface area (Å²) in [6, 6.07) is 1.14. The van der Waals surface area contributed by atoms with Crippen molar-refractivity contribution >= 4 is 56.2 Å². The van der Waals surface area contributed by atoms with Gasteiger partial charge in [0.25, 0.3) is 5.16 Å². The van der Waals surface area contributed by atoms with Crippen LogP contribution in [0, 0.1) is 5.82 Å². The average Bonchev–Trinajstić information content (AvgIpc) is 3.36. The van der Waals surface area contributed by atoms with Gasteiger partial charge in [-0.15, -0.1) is 0 Å². The summed E-state index contributed by atoms with van der Waals surface area (Å²) in [4.78, 5) is 39.9. The summed E-state index contributed by atoms with van der Waals surface area (Å²) in [5, 5.41) is 4.14. The van der Waals surface area contributed by atoms with Gasteiger partial charge in [-0.3, -0.25) is 0 Å². The Kier molecular flexibility index (Phi) is 8.88. The highest BCUT2D eigenvalue weighted by Crippen LogP contribution is 2.37. The number of rotatable bonds is 4. The number of halogens is 2. The summed E-state index contributed by atoms with van der Waals surface area (Å²) in [6.07, 6.45) is 2.58. The van der Waals surface area contributed by atoms with Crippen molar-refractivity contribution in [3.63, 3.8) is 0 Å². The van der Waals surface area contributed by atoms with Gasteiger partial charge in [-0.25, -0.2) is 32.4 Å². The van der Waals surface area contributed by atoms with Crippen molar-refractivity contribution in [1.29, 1.82) is 0 Å². The molecule has 1 amide bonds. The summed E-state index contributed by atoms with van der Waals surface area (Å²) in [5.74, 6) is 0.140. The fourth-order valence-corrected chi connectivity index (χ4v) is 6.18. The molecule has 250 valence electrons. The molecule has 16 heteroatoms. The maximum Gasteiger partial charge on any atom is 0.435 e. The molecule has 1 fully saturated rings. The van der Waals surface area contributed by atoms with Crippen LogP contribution in [-0.4, -0.2) is 95.4 Å². The van der Waals surface area contributed by atoms with Crippen molar-refractivity contribution < 1.29 is 31.9 Å². The molecular formula is C30H39ClFN7O6S. The van der Waals surface area contributed by atoms with E-state index in [9.17, 15) is 18.0 Å². The molecule has 0 unspecified atom stereocenters. The van der Waals surface area contributed by atoms with E-state index < -0.39 is 39.0 Å². The number of nitrogens with zero attached hydrogens (tertiary/aromatic N) is 7. The number of sulfone groups is 1. The topological polar surface area (TPSA) is 140 Å². The lowest BCUT2D eigenvalue weighted by molar-refractivity contribution is 0.0240. The number of aromatic nitrogens is 4. The standard InChI is InChI=1S/C30H39ClFN7O6S/c1-29(2,3)44-27(40)37-13-11-36(12-14-37)24-18-9-8-10-38(25(18)35-26(34-24)46(7,42)43)17-20-19-16-33-39(28(41)45-30(4,5)6)22(19)15-21(32)23(20)31/h15-16H,8-14,17H2,1-7H3. The molecule has 1 aromatic carbocycles. The molecule has 0 radical (unpaired) electrons. The van der Waals surface area contributed by atoms with Crippen LogP contribution in [0.15, 0.2) is 17.4 Å². The molecule has 0 aliphatic carbocycles. The highest BCUT2D eigenvalue weighted by molar-refractivity contribution is 7.90. The number of hydrogen-bond acceptors (Lipinski definition) is 11. The molecule has 0 N–H and O–H groups in total. The fraction of sp³-hybridized carbons (Fsp3) is 0.567. The second-order valence-corrected chi connectivity index (χ2v) is 15.8. The molecule has 0 atom stereocenters.